The Balaban J connectivity index is 1.31. The molecule has 1 saturated carbocycles. The second-order valence-corrected chi connectivity index (χ2v) is 10.5. The molecule has 0 unspecified atom stereocenters. The number of benzene rings is 2. The Morgan fingerprint density at radius 1 is 1.06 bits per heavy atom. The molecule has 1 aromatic heterocycles. The summed E-state index contributed by atoms with van der Waals surface area (Å²) in [6.07, 6.45) is 9.71. The Morgan fingerprint density at radius 2 is 1.76 bits per heavy atom. The summed E-state index contributed by atoms with van der Waals surface area (Å²) in [6.45, 7) is 0. The predicted molar refractivity (Wildman–Crippen MR) is 129 cm³/mol. The van der Waals surface area contributed by atoms with E-state index in [1.165, 1.54) is 10.7 Å². The molecule has 1 amide bonds. The van der Waals surface area contributed by atoms with E-state index in [0.29, 0.717) is 18.5 Å². The lowest BCUT2D eigenvalue weighted by molar-refractivity contribution is -0.116. The van der Waals surface area contributed by atoms with Gasteiger partial charge in [-0.2, -0.15) is 9.40 Å². The van der Waals surface area contributed by atoms with Gasteiger partial charge in [0, 0.05) is 31.4 Å². The lowest BCUT2D eigenvalue weighted by Gasteiger charge is -2.30. The van der Waals surface area contributed by atoms with Gasteiger partial charge >= 0.3 is 0 Å². The van der Waals surface area contributed by atoms with Crippen molar-refractivity contribution < 1.29 is 13.2 Å². The lowest BCUT2D eigenvalue weighted by Crippen LogP contribution is -2.38. The number of sulfonamides is 1. The van der Waals surface area contributed by atoms with Crippen LogP contribution in [0.3, 0.4) is 0 Å². The third kappa shape index (κ3) is 5.69. The van der Waals surface area contributed by atoms with E-state index in [1.54, 1.807) is 42.2 Å². The zero-order valence-corrected chi connectivity index (χ0v) is 19.7. The Morgan fingerprint density at radius 3 is 2.45 bits per heavy atom. The summed E-state index contributed by atoms with van der Waals surface area (Å²) < 4.78 is 29.2. The van der Waals surface area contributed by atoms with Crippen molar-refractivity contribution in [2.24, 2.45) is 0 Å². The summed E-state index contributed by atoms with van der Waals surface area (Å²) in [5.41, 5.74) is 2.53. The second kappa shape index (κ2) is 10.3. The van der Waals surface area contributed by atoms with Crippen LogP contribution in [0.2, 0.25) is 0 Å². The molecule has 0 atom stereocenters. The molecule has 0 bridgehead atoms. The first-order chi connectivity index (χ1) is 15.9. The van der Waals surface area contributed by atoms with Gasteiger partial charge in [0.2, 0.25) is 15.9 Å². The average molecular weight is 467 g/mol. The Bertz CT molecular complexity index is 1170. The number of hydrogen-bond donors (Lipinski definition) is 1. The molecule has 33 heavy (non-hydrogen) atoms. The molecule has 3 aromatic rings. The van der Waals surface area contributed by atoms with Gasteiger partial charge < -0.3 is 5.32 Å². The molecule has 174 valence electrons. The standard InChI is InChI=1S/C25H30N4O3S/c1-28(22-8-4-2-5-9-22)33(31,32)24-15-13-21(14-16-24)27-25(30)17-12-20-18-26-29(19-20)23-10-6-3-7-11-23/h3,6-7,10-11,13-16,18-19,22H,2,4-5,8-9,12,17H2,1H3,(H,27,30). The van der Waals surface area contributed by atoms with Crippen LogP contribution >= 0.6 is 0 Å². The SMILES string of the molecule is CN(C1CCCCC1)S(=O)(=O)c1ccc(NC(=O)CCc2cnn(-c3ccccc3)c2)cc1. The number of nitrogens with zero attached hydrogens (tertiary/aromatic N) is 3. The average Bonchev–Trinajstić information content (AvgIpc) is 3.33. The van der Waals surface area contributed by atoms with E-state index in [1.807, 2.05) is 36.5 Å². The predicted octanol–water partition coefficient (Wildman–Crippen LogP) is 4.40. The number of anilines is 1. The maximum absolute atomic E-state index is 13.0. The number of carbonyl (C=O) groups excluding carboxylic acids is 1. The molecule has 0 aliphatic heterocycles. The van der Waals surface area contributed by atoms with Gasteiger partial charge in [-0.05, 0) is 61.2 Å². The number of hydrogen-bond acceptors (Lipinski definition) is 4. The smallest absolute Gasteiger partial charge is 0.243 e. The molecular weight excluding hydrogens is 436 g/mol. The molecule has 8 heteroatoms. The zero-order chi connectivity index (χ0) is 23.3. The fourth-order valence-corrected chi connectivity index (χ4v) is 5.63. The molecule has 1 fully saturated rings. The van der Waals surface area contributed by atoms with E-state index in [9.17, 15) is 13.2 Å². The fraction of sp³-hybridized carbons (Fsp3) is 0.360. The van der Waals surface area contributed by atoms with Crippen molar-refractivity contribution in [1.29, 1.82) is 0 Å². The van der Waals surface area contributed by atoms with E-state index in [4.69, 9.17) is 0 Å². The minimum atomic E-state index is -3.54. The van der Waals surface area contributed by atoms with E-state index in [2.05, 4.69) is 10.4 Å². The van der Waals surface area contributed by atoms with E-state index < -0.39 is 10.0 Å². The van der Waals surface area contributed by atoms with Crippen LogP contribution in [0.1, 0.15) is 44.1 Å². The van der Waals surface area contributed by atoms with Crippen LogP contribution < -0.4 is 5.32 Å². The lowest BCUT2D eigenvalue weighted by atomic mass is 9.96. The van der Waals surface area contributed by atoms with Gasteiger partial charge in [-0.15, -0.1) is 0 Å². The third-order valence-electron chi connectivity index (χ3n) is 6.20. The summed E-state index contributed by atoms with van der Waals surface area (Å²) >= 11 is 0. The van der Waals surface area contributed by atoms with Crippen LogP contribution in [0.15, 0.2) is 71.9 Å². The van der Waals surface area contributed by atoms with Crippen LogP contribution in [0, 0.1) is 0 Å². The molecular formula is C25H30N4O3S. The van der Waals surface area contributed by atoms with Crippen molar-refractivity contribution in [3.63, 3.8) is 0 Å². The molecule has 0 spiro atoms. The van der Waals surface area contributed by atoms with E-state index in [0.717, 1.165) is 36.9 Å². The minimum absolute atomic E-state index is 0.0642. The first kappa shape index (κ1) is 23.2. The monoisotopic (exact) mass is 466 g/mol. The number of carbonyl (C=O) groups is 1. The Hall–Kier alpha value is -2.97. The highest BCUT2D eigenvalue weighted by molar-refractivity contribution is 7.89. The molecule has 1 aliphatic rings. The summed E-state index contributed by atoms with van der Waals surface area (Å²) in [7, 11) is -1.87. The maximum Gasteiger partial charge on any atom is 0.243 e. The summed E-state index contributed by atoms with van der Waals surface area (Å²) in [5, 5.41) is 7.20. The Labute approximate surface area is 195 Å². The number of para-hydroxylation sites is 1. The highest BCUT2D eigenvalue weighted by atomic mass is 32.2. The number of amides is 1. The fourth-order valence-electron chi connectivity index (χ4n) is 4.21. The van der Waals surface area contributed by atoms with Crippen LogP contribution in [0.5, 0.6) is 0 Å². The van der Waals surface area contributed by atoms with Gasteiger partial charge in [0.15, 0.2) is 0 Å². The van der Waals surface area contributed by atoms with Crippen molar-refractivity contribution in [1.82, 2.24) is 14.1 Å². The molecule has 2 aromatic carbocycles. The van der Waals surface area contributed by atoms with Crippen molar-refractivity contribution in [2.45, 2.75) is 55.9 Å². The van der Waals surface area contributed by atoms with Gasteiger partial charge in [0.05, 0.1) is 16.8 Å². The quantitative estimate of drug-likeness (QED) is 0.533. The number of nitrogens with one attached hydrogen (secondary N) is 1. The largest absolute Gasteiger partial charge is 0.326 e. The topological polar surface area (TPSA) is 84.3 Å². The van der Waals surface area contributed by atoms with Crippen LogP contribution in [0.25, 0.3) is 5.69 Å². The summed E-state index contributed by atoms with van der Waals surface area (Å²) in [4.78, 5) is 12.6. The molecule has 1 N–H and O–H groups in total. The van der Waals surface area contributed by atoms with E-state index >= 15 is 0 Å². The first-order valence-electron chi connectivity index (χ1n) is 11.4. The van der Waals surface area contributed by atoms with Gasteiger partial charge in [-0.3, -0.25) is 4.79 Å². The molecule has 0 radical (unpaired) electrons. The van der Waals surface area contributed by atoms with Crippen molar-refractivity contribution >= 4 is 21.6 Å². The normalized spacial score (nSPS) is 15.0. The van der Waals surface area contributed by atoms with Crippen LogP contribution in [-0.2, 0) is 21.2 Å². The molecule has 7 nitrogen and oxygen atoms in total. The number of rotatable bonds is 8. The van der Waals surface area contributed by atoms with Crippen molar-refractivity contribution in [3.05, 3.63) is 72.6 Å². The second-order valence-electron chi connectivity index (χ2n) is 8.51. The summed E-state index contributed by atoms with van der Waals surface area (Å²) in [5.74, 6) is -0.127. The number of aromatic nitrogens is 2. The highest BCUT2D eigenvalue weighted by Gasteiger charge is 2.28. The minimum Gasteiger partial charge on any atom is -0.326 e. The molecule has 0 saturated heterocycles. The zero-order valence-electron chi connectivity index (χ0n) is 18.9. The first-order valence-corrected chi connectivity index (χ1v) is 12.8. The van der Waals surface area contributed by atoms with Gasteiger partial charge in [-0.25, -0.2) is 13.1 Å². The van der Waals surface area contributed by atoms with Crippen molar-refractivity contribution in [3.8, 4) is 5.69 Å². The third-order valence-corrected chi connectivity index (χ3v) is 8.13. The van der Waals surface area contributed by atoms with Crippen molar-refractivity contribution in [2.75, 3.05) is 12.4 Å². The molecule has 1 heterocycles. The van der Waals surface area contributed by atoms with Crippen LogP contribution in [-0.4, -0.2) is 41.5 Å². The van der Waals surface area contributed by atoms with Gasteiger partial charge in [-0.1, -0.05) is 37.5 Å². The van der Waals surface area contributed by atoms with Gasteiger partial charge in [0.25, 0.3) is 0 Å². The molecule has 1 aliphatic carbocycles. The van der Waals surface area contributed by atoms with Crippen LogP contribution in [0.4, 0.5) is 5.69 Å². The highest BCUT2D eigenvalue weighted by Crippen LogP contribution is 2.27. The van der Waals surface area contributed by atoms with E-state index in [-0.39, 0.29) is 16.8 Å². The number of aryl methyl sites for hydroxylation is 1. The van der Waals surface area contributed by atoms with Gasteiger partial charge in [0.1, 0.15) is 0 Å². The Kier molecular flexibility index (Phi) is 7.25. The summed E-state index contributed by atoms with van der Waals surface area (Å²) in [6, 6.07) is 16.3. The maximum atomic E-state index is 13.0. The molecule has 4 rings (SSSR count).